The second-order valence-corrected chi connectivity index (χ2v) is 9.10. The Morgan fingerprint density at radius 2 is 1.74 bits per heavy atom. The zero-order chi connectivity index (χ0) is 22.9. The quantitative estimate of drug-likeness (QED) is 0.405. The third kappa shape index (κ3) is 3.67. The number of anilines is 1. The topological polar surface area (TPSA) is 58.2 Å². The molecule has 0 aliphatic carbocycles. The van der Waals surface area contributed by atoms with E-state index in [0.29, 0.717) is 6.61 Å². The first-order valence-corrected chi connectivity index (χ1v) is 12.0. The van der Waals surface area contributed by atoms with Crippen molar-refractivity contribution in [3.8, 4) is 5.75 Å². The molecule has 34 heavy (non-hydrogen) atoms. The second-order valence-electron chi connectivity index (χ2n) is 9.10. The van der Waals surface area contributed by atoms with Gasteiger partial charge in [-0.2, -0.15) is 5.10 Å². The molecular formula is C29H27N3O2. The maximum Gasteiger partial charge on any atom is 0.138 e. The van der Waals surface area contributed by atoms with Crippen LogP contribution in [0, 0.1) is 5.92 Å². The van der Waals surface area contributed by atoms with Crippen molar-refractivity contribution in [3.63, 3.8) is 0 Å². The van der Waals surface area contributed by atoms with Gasteiger partial charge < -0.3 is 14.4 Å². The van der Waals surface area contributed by atoms with Crippen LogP contribution in [-0.4, -0.2) is 36.2 Å². The summed E-state index contributed by atoms with van der Waals surface area (Å²) in [5.74, 6) is 1.10. The molecule has 1 N–H and O–H groups in total. The van der Waals surface area contributed by atoms with Gasteiger partial charge in [-0.25, -0.2) is 0 Å². The summed E-state index contributed by atoms with van der Waals surface area (Å²) in [6.07, 6.45) is 5.65. The average Bonchev–Trinajstić information content (AvgIpc) is 3.30. The van der Waals surface area contributed by atoms with Gasteiger partial charge in [-0.05, 0) is 59.4 Å². The molecule has 0 amide bonds. The summed E-state index contributed by atoms with van der Waals surface area (Å²) in [6, 6.07) is 23.7. The molecule has 0 saturated carbocycles. The summed E-state index contributed by atoms with van der Waals surface area (Å²) in [4.78, 5) is 13.5. The van der Waals surface area contributed by atoms with Gasteiger partial charge in [0.2, 0.25) is 0 Å². The number of carbonyl (C=O) groups excluding carboxylic acids is 1. The first-order chi connectivity index (χ1) is 16.8. The SMILES string of the molecule is O=CC1CCN(c2ccc(C3=C(c4ccccc4)CCOc4c3ccc3[nH]ncc43)cc2)CC1. The molecule has 0 unspecified atom stereocenters. The fourth-order valence-electron chi connectivity index (χ4n) is 5.28. The third-order valence-electron chi connectivity index (χ3n) is 7.12. The van der Waals surface area contributed by atoms with Crippen LogP contribution in [0.3, 0.4) is 0 Å². The molecule has 5 nitrogen and oxygen atoms in total. The van der Waals surface area contributed by atoms with Gasteiger partial charge in [0.1, 0.15) is 12.0 Å². The van der Waals surface area contributed by atoms with E-state index >= 15 is 0 Å². The van der Waals surface area contributed by atoms with Crippen molar-refractivity contribution in [2.75, 3.05) is 24.6 Å². The van der Waals surface area contributed by atoms with Gasteiger partial charge in [0.05, 0.1) is 23.7 Å². The number of benzene rings is 3. The van der Waals surface area contributed by atoms with Gasteiger partial charge in [0.15, 0.2) is 0 Å². The molecule has 1 aromatic heterocycles. The van der Waals surface area contributed by atoms with Crippen LogP contribution in [0.15, 0.2) is 72.9 Å². The number of fused-ring (bicyclic) bond motifs is 3. The van der Waals surface area contributed by atoms with Crippen molar-refractivity contribution < 1.29 is 9.53 Å². The molecule has 0 bridgehead atoms. The van der Waals surface area contributed by atoms with E-state index in [1.807, 2.05) is 6.20 Å². The Morgan fingerprint density at radius 1 is 0.941 bits per heavy atom. The predicted molar refractivity (Wildman–Crippen MR) is 136 cm³/mol. The summed E-state index contributed by atoms with van der Waals surface area (Å²) in [6.45, 7) is 2.47. The molecule has 1 fully saturated rings. The van der Waals surface area contributed by atoms with Crippen molar-refractivity contribution in [1.29, 1.82) is 0 Å². The molecule has 5 heteroatoms. The van der Waals surface area contributed by atoms with E-state index in [-0.39, 0.29) is 5.92 Å². The lowest BCUT2D eigenvalue weighted by Gasteiger charge is -2.31. The Kier molecular flexibility index (Phi) is 5.38. The smallest absolute Gasteiger partial charge is 0.138 e. The number of hydrogen-bond donors (Lipinski definition) is 1. The minimum Gasteiger partial charge on any atom is -0.492 e. The monoisotopic (exact) mass is 449 g/mol. The summed E-state index contributed by atoms with van der Waals surface area (Å²) in [5.41, 5.74) is 8.21. The van der Waals surface area contributed by atoms with Crippen LogP contribution in [0.4, 0.5) is 5.69 Å². The molecule has 0 radical (unpaired) electrons. The Bertz CT molecular complexity index is 1350. The van der Waals surface area contributed by atoms with Gasteiger partial charge in [-0.1, -0.05) is 42.5 Å². The molecular weight excluding hydrogens is 422 g/mol. The van der Waals surface area contributed by atoms with Crippen LogP contribution >= 0.6 is 0 Å². The van der Waals surface area contributed by atoms with Gasteiger partial charge in [-0.3, -0.25) is 5.10 Å². The number of carbonyl (C=O) groups is 1. The van der Waals surface area contributed by atoms with E-state index in [1.165, 1.54) is 28.0 Å². The van der Waals surface area contributed by atoms with Gasteiger partial charge >= 0.3 is 0 Å². The Hall–Kier alpha value is -3.86. The van der Waals surface area contributed by atoms with Crippen molar-refractivity contribution in [3.05, 3.63) is 89.6 Å². The number of aromatic nitrogens is 2. The number of piperidine rings is 1. The van der Waals surface area contributed by atoms with Gasteiger partial charge in [0, 0.05) is 36.7 Å². The maximum absolute atomic E-state index is 11.1. The fourth-order valence-corrected chi connectivity index (χ4v) is 5.28. The highest BCUT2D eigenvalue weighted by atomic mass is 16.5. The summed E-state index contributed by atoms with van der Waals surface area (Å²) in [7, 11) is 0. The third-order valence-corrected chi connectivity index (χ3v) is 7.12. The summed E-state index contributed by atoms with van der Waals surface area (Å²) >= 11 is 0. The number of H-pyrrole nitrogens is 1. The minimum absolute atomic E-state index is 0.205. The predicted octanol–water partition coefficient (Wildman–Crippen LogP) is 5.72. The number of nitrogens with zero attached hydrogens (tertiary/aromatic N) is 2. The summed E-state index contributed by atoms with van der Waals surface area (Å²) < 4.78 is 6.32. The molecule has 6 rings (SSSR count). The van der Waals surface area contributed by atoms with Crippen molar-refractivity contribution in [2.45, 2.75) is 19.3 Å². The zero-order valence-corrected chi connectivity index (χ0v) is 19.0. The second kappa shape index (κ2) is 8.82. The number of ether oxygens (including phenoxy) is 1. The fraction of sp³-hybridized carbons (Fsp3) is 0.241. The van der Waals surface area contributed by atoms with E-state index in [9.17, 15) is 4.79 Å². The van der Waals surface area contributed by atoms with Crippen molar-refractivity contribution >= 4 is 34.0 Å². The van der Waals surface area contributed by atoms with Crippen LogP contribution in [-0.2, 0) is 4.79 Å². The van der Waals surface area contributed by atoms with E-state index < -0.39 is 0 Å². The number of hydrogen-bond acceptors (Lipinski definition) is 4. The highest BCUT2D eigenvalue weighted by molar-refractivity contribution is 6.04. The van der Waals surface area contributed by atoms with Crippen LogP contribution < -0.4 is 9.64 Å². The molecule has 4 aromatic rings. The standard InChI is InChI=1S/C29H27N3O2/c33-19-20-12-15-32(16-13-20)23-8-6-22(7-9-23)28-24(21-4-2-1-3-5-21)14-17-34-29-25(28)10-11-27-26(29)18-30-31-27/h1-11,18-20H,12-17H2,(H,30,31). The molecule has 170 valence electrons. The number of aromatic amines is 1. The normalized spacial score (nSPS) is 16.8. The average molecular weight is 450 g/mol. The first kappa shape index (κ1) is 20.7. The minimum atomic E-state index is 0.205. The lowest BCUT2D eigenvalue weighted by molar-refractivity contribution is -0.111. The number of rotatable bonds is 4. The van der Waals surface area contributed by atoms with E-state index in [2.05, 4.69) is 81.8 Å². The number of aldehydes is 1. The largest absolute Gasteiger partial charge is 0.492 e. The molecule has 0 atom stereocenters. The molecule has 2 aliphatic heterocycles. The Morgan fingerprint density at radius 3 is 2.50 bits per heavy atom. The molecule has 3 aromatic carbocycles. The zero-order valence-electron chi connectivity index (χ0n) is 19.0. The lowest BCUT2D eigenvalue weighted by atomic mass is 9.87. The molecule has 1 saturated heterocycles. The van der Waals surface area contributed by atoms with Gasteiger partial charge in [-0.15, -0.1) is 0 Å². The van der Waals surface area contributed by atoms with E-state index in [0.717, 1.165) is 60.9 Å². The van der Waals surface area contributed by atoms with Gasteiger partial charge in [0.25, 0.3) is 0 Å². The number of nitrogens with one attached hydrogen (secondary N) is 1. The maximum atomic E-state index is 11.1. The van der Waals surface area contributed by atoms with E-state index in [4.69, 9.17) is 4.74 Å². The van der Waals surface area contributed by atoms with Crippen molar-refractivity contribution in [1.82, 2.24) is 10.2 Å². The van der Waals surface area contributed by atoms with Crippen LogP contribution in [0.25, 0.3) is 22.0 Å². The molecule has 0 spiro atoms. The molecule has 2 aliphatic rings. The molecule has 3 heterocycles. The van der Waals surface area contributed by atoms with Crippen LogP contribution in [0.2, 0.25) is 0 Å². The van der Waals surface area contributed by atoms with E-state index in [1.54, 1.807) is 0 Å². The Labute approximate surface area is 199 Å². The highest BCUT2D eigenvalue weighted by Gasteiger charge is 2.24. The Balaban J connectivity index is 1.46. The highest BCUT2D eigenvalue weighted by Crippen LogP contribution is 2.44. The first-order valence-electron chi connectivity index (χ1n) is 12.0. The van der Waals surface area contributed by atoms with Crippen LogP contribution in [0.1, 0.15) is 36.0 Å². The van der Waals surface area contributed by atoms with Crippen LogP contribution in [0.5, 0.6) is 5.75 Å². The summed E-state index contributed by atoms with van der Waals surface area (Å²) in [5, 5.41) is 8.32. The van der Waals surface area contributed by atoms with Crippen molar-refractivity contribution in [2.24, 2.45) is 5.92 Å². The lowest BCUT2D eigenvalue weighted by Crippen LogP contribution is -2.34.